The Hall–Kier alpha value is -2.56. The molecule has 1 atom stereocenters. The van der Waals surface area contributed by atoms with Crippen molar-refractivity contribution < 1.29 is 19.0 Å². The minimum absolute atomic E-state index is 0.0185. The Kier molecular flexibility index (Phi) is 3.48. The largest absolute Gasteiger partial charge is 0.493 e. The number of hydrogen-bond donors (Lipinski definition) is 2. The Labute approximate surface area is 121 Å². The molecule has 2 N–H and O–H groups in total. The van der Waals surface area contributed by atoms with E-state index in [0.29, 0.717) is 12.3 Å². The molecular formula is C16H14FNO3. The topological polar surface area (TPSA) is 58.6 Å². The number of carboxylic acids is 1. The third-order valence-electron chi connectivity index (χ3n) is 3.50. The van der Waals surface area contributed by atoms with Crippen LogP contribution in [0.25, 0.3) is 0 Å². The van der Waals surface area contributed by atoms with Crippen LogP contribution >= 0.6 is 0 Å². The van der Waals surface area contributed by atoms with E-state index in [9.17, 15) is 9.18 Å². The van der Waals surface area contributed by atoms with Crippen molar-refractivity contribution in [3.8, 4) is 5.75 Å². The molecule has 0 bridgehead atoms. The molecule has 108 valence electrons. The first-order chi connectivity index (χ1) is 10.1. The molecule has 21 heavy (non-hydrogen) atoms. The second-order valence-corrected chi connectivity index (χ2v) is 4.87. The molecule has 1 aliphatic rings. The normalized spacial score (nSPS) is 16.7. The average Bonchev–Trinajstić information content (AvgIpc) is 2.47. The number of carbonyl (C=O) groups is 1. The van der Waals surface area contributed by atoms with Crippen molar-refractivity contribution in [3.63, 3.8) is 0 Å². The lowest BCUT2D eigenvalue weighted by Gasteiger charge is -2.27. The molecule has 1 aliphatic heterocycles. The van der Waals surface area contributed by atoms with Crippen molar-refractivity contribution in [2.45, 2.75) is 12.5 Å². The van der Waals surface area contributed by atoms with Crippen LogP contribution in [0.5, 0.6) is 5.75 Å². The van der Waals surface area contributed by atoms with Crippen molar-refractivity contribution in [1.82, 2.24) is 0 Å². The van der Waals surface area contributed by atoms with Gasteiger partial charge in [-0.05, 0) is 24.3 Å². The van der Waals surface area contributed by atoms with E-state index in [0.717, 1.165) is 17.7 Å². The summed E-state index contributed by atoms with van der Waals surface area (Å²) in [4.78, 5) is 10.8. The van der Waals surface area contributed by atoms with Gasteiger partial charge >= 0.3 is 5.97 Å². The van der Waals surface area contributed by atoms with Gasteiger partial charge in [0.2, 0.25) is 0 Å². The summed E-state index contributed by atoms with van der Waals surface area (Å²) in [7, 11) is 0. The van der Waals surface area contributed by atoms with E-state index in [1.807, 2.05) is 24.3 Å². The molecule has 0 aliphatic carbocycles. The summed E-state index contributed by atoms with van der Waals surface area (Å²) < 4.78 is 19.3. The highest BCUT2D eigenvalue weighted by Gasteiger charge is 2.21. The first kappa shape index (κ1) is 13.4. The predicted octanol–water partition coefficient (Wildman–Crippen LogP) is 3.46. The van der Waals surface area contributed by atoms with Crippen molar-refractivity contribution in [2.75, 3.05) is 11.9 Å². The van der Waals surface area contributed by atoms with E-state index in [2.05, 4.69) is 5.32 Å². The van der Waals surface area contributed by atoms with Gasteiger partial charge in [-0.15, -0.1) is 0 Å². The van der Waals surface area contributed by atoms with Gasteiger partial charge in [-0.1, -0.05) is 18.2 Å². The van der Waals surface area contributed by atoms with Gasteiger partial charge in [0, 0.05) is 17.7 Å². The second-order valence-electron chi connectivity index (χ2n) is 4.87. The van der Waals surface area contributed by atoms with Crippen LogP contribution in [0.4, 0.5) is 10.1 Å². The fourth-order valence-electron chi connectivity index (χ4n) is 2.47. The van der Waals surface area contributed by atoms with Gasteiger partial charge in [0.05, 0.1) is 18.2 Å². The maximum Gasteiger partial charge on any atom is 0.338 e. The average molecular weight is 287 g/mol. The van der Waals surface area contributed by atoms with E-state index in [-0.39, 0.29) is 11.6 Å². The first-order valence-corrected chi connectivity index (χ1v) is 6.66. The van der Waals surface area contributed by atoms with Crippen molar-refractivity contribution in [2.24, 2.45) is 0 Å². The Bertz CT molecular complexity index is 687. The zero-order valence-electron chi connectivity index (χ0n) is 11.2. The first-order valence-electron chi connectivity index (χ1n) is 6.66. The third-order valence-corrected chi connectivity index (χ3v) is 3.50. The molecular weight excluding hydrogens is 273 g/mol. The van der Waals surface area contributed by atoms with Crippen LogP contribution in [-0.2, 0) is 0 Å². The molecule has 0 amide bonds. The van der Waals surface area contributed by atoms with Gasteiger partial charge in [-0.3, -0.25) is 0 Å². The van der Waals surface area contributed by atoms with E-state index >= 15 is 0 Å². The quantitative estimate of drug-likeness (QED) is 0.907. The van der Waals surface area contributed by atoms with Crippen molar-refractivity contribution in [1.29, 1.82) is 0 Å². The summed E-state index contributed by atoms with van der Waals surface area (Å²) in [5.41, 5.74) is 1.25. The number of hydrogen-bond acceptors (Lipinski definition) is 3. The lowest BCUT2D eigenvalue weighted by atomic mass is 10.00. The highest BCUT2D eigenvalue weighted by molar-refractivity contribution is 5.88. The van der Waals surface area contributed by atoms with Gasteiger partial charge in [0.25, 0.3) is 0 Å². The summed E-state index contributed by atoms with van der Waals surface area (Å²) >= 11 is 0. The lowest BCUT2D eigenvalue weighted by Crippen LogP contribution is -2.20. The minimum atomic E-state index is -1.27. The second kappa shape index (κ2) is 5.44. The molecule has 3 rings (SSSR count). The van der Waals surface area contributed by atoms with E-state index in [1.165, 1.54) is 12.1 Å². The molecule has 0 fully saturated rings. The fourth-order valence-corrected chi connectivity index (χ4v) is 2.47. The van der Waals surface area contributed by atoms with Gasteiger partial charge in [-0.25, -0.2) is 9.18 Å². The highest BCUT2D eigenvalue weighted by Crippen LogP contribution is 2.34. The van der Waals surface area contributed by atoms with Gasteiger partial charge < -0.3 is 15.2 Å². The monoisotopic (exact) mass is 287 g/mol. The molecule has 1 heterocycles. The summed E-state index contributed by atoms with van der Waals surface area (Å²) in [6.45, 7) is 0.588. The van der Waals surface area contributed by atoms with Crippen molar-refractivity contribution >= 4 is 11.7 Å². The number of para-hydroxylation sites is 1. The third kappa shape index (κ3) is 2.67. The van der Waals surface area contributed by atoms with Crippen LogP contribution in [0.15, 0.2) is 42.5 Å². The molecule has 0 radical (unpaired) electrons. The standard InChI is InChI=1S/C16H14FNO3/c17-13-9-10(5-6-11(13)16(19)20)18-14-7-8-21-15-4-2-1-3-12(14)15/h1-6,9,14,18H,7-8H2,(H,19,20). The number of rotatable bonds is 3. The van der Waals surface area contributed by atoms with Gasteiger partial charge in [0.1, 0.15) is 11.6 Å². The molecule has 2 aromatic rings. The van der Waals surface area contributed by atoms with Crippen LogP contribution in [0, 0.1) is 5.82 Å². The smallest absolute Gasteiger partial charge is 0.338 e. The Morgan fingerprint density at radius 3 is 2.86 bits per heavy atom. The molecule has 0 saturated carbocycles. The zero-order valence-corrected chi connectivity index (χ0v) is 11.2. The number of nitrogens with one attached hydrogen (secondary N) is 1. The van der Waals surface area contributed by atoms with Crippen LogP contribution in [0.3, 0.4) is 0 Å². The SMILES string of the molecule is O=C(O)c1ccc(NC2CCOc3ccccc32)cc1F. The van der Waals surface area contributed by atoms with Gasteiger partial charge in [0.15, 0.2) is 0 Å². The number of benzene rings is 2. The number of carboxylic acid groups (broad SMARTS) is 1. The number of aromatic carboxylic acids is 1. The number of ether oxygens (including phenoxy) is 1. The highest BCUT2D eigenvalue weighted by atomic mass is 19.1. The molecule has 1 unspecified atom stereocenters. The van der Waals surface area contributed by atoms with Crippen LogP contribution < -0.4 is 10.1 Å². The van der Waals surface area contributed by atoms with E-state index in [1.54, 1.807) is 6.07 Å². The summed E-state index contributed by atoms with van der Waals surface area (Å²) in [6.07, 6.45) is 0.763. The van der Waals surface area contributed by atoms with Crippen molar-refractivity contribution in [3.05, 3.63) is 59.4 Å². The van der Waals surface area contributed by atoms with Gasteiger partial charge in [-0.2, -0.15) is 0 Å². The van der Waals surface area contributed by atoms with Crippen LogP contribution in [-0.4, -0.2) is 17.7 Å². The van der Waals surface area contributed by atoms with E-state index < -0.39 is 11.8 Å². The summed E-state index contributed by atoms with van der Waals surface area (Å²) in [5, 5.41) is 12.1. The maximum absolute atomic E-state index is 13.7. The maximum atomic E-state index is 13.7. The van der Waals surface area contributed by atoms with E-state index in [4.69, 9.17) is 9.84 Å². The molecule has 4 nitrogen and oxygen atoms in total. The Balaban J connectivity index is 1.85. The predicted molar refractivity (Wildman–Crippen MR) is 76.3 cm³/mol. The molecule has 2 aromatic carbocycles. The molecule has 0 spiro atoms. The number of anilines is 1. The number of fused-ring (bicyclic) bond motifs is 1. The lowest BCUT2D eigenvalue weighted by molar-refractivity contribution is 0.0692. The summed E-state index contributed by atoms with van der Waals surface area (Å²) in [5.74, 6) is -1.19. The molecule has 5 heteroatoms. The Morgan fingerprint density at radius 1 is 1.29 bits per heavy atom. The Morgan fingerprint density at radius 2 is 2.10 bits per heavy atom. The summed E-state index contributed by atoms with van der Waals surface area (Å²) in [6, 6.07) is 11.8. The zero-order chi connectivity index (χ0) is 14.8. The molecule has 0 aromatic heterocycles. The van der Waals surface area contributed by atoms with Crippen LogP contribution in [0.2, 0.25) is 0 Å². The number of halogens is 1. The minimum Gasteiger partial charge on any atom is -0.493 e. The molecule has 0 saturated heterocycles. The van der Waals surface area contributed by atoms with Crippen LogP contribution in [0.1, 0.15) is 28.4 Å². The fraction of sp³-hybridized carbons (Fsp3) is 0.188.